The minimum absolute atomic E-state index is 0.561. The standard InChI is InChI=1S/C22H22N8O.C5H11N/c1-15-2-3-22-24-16(12-29(22)11-15)13-30-14-21(26-27-30)18-8-17(28-4-6-31-7-5-28)9-20-19(18)10-23-25-20;6-4-5-2-1-3-5/h2-3,8-12,14H,4-7,13H2,1H3,(H,23,25);5H,1-4,6H2. The summed E-state index contributed by atoms with van der Waals surface area (Å²) in [6.07, 6.45) is 12.1. The summed E-state index contributed by atoms with van der Waals surface area (Å²) in [4.78, 5) is 7.02. The highest BCUT2D eigenvalue weighted by Crippen LogP contribution is 2.32. The first-order chi connectivity index (χ1) is 18.2. The number of H-pyrrole nitrogens is 1. The summed E-state index contributed by atoms with van der Waals surface area (Å²) >= 11 is 0. The van der Waals surface area contributed by atoms with Gasteiger partial charge in [-0.25, -0.2) is 9.67 Å². The largest absolute Gasteiger partial charge is 0.378 e. The number of rotatable bonds is 5. The van der Waals surface area contributed by atoms with E-state index >= 15 is 0 Å². The van der Waals surface area contributed by atoms with Crippen LogP contribution in [-0.4, -0.2) is 67.4 Å². The molecule has 1 saturated heterocycles. The number of aryl methyl sites for hydroxylation is 1. The first kappa shape index (κ1) is 23.6. The van der Waals surface area contributed by atoms with E-state index in [4.69, 9.17) is 10.5 Å². The number of hydrogen-bond acceptors (Lipinski definition) is 7. The maximum absolute atomic E-state index is 5.50. The number of morpholine rings is 1. The lowest BCUT2D eigenvalue weighted by molar-refractivity contribution is 0.122. The van der Waals surface area contributed by atoms with Gasteiger partial charge in [0.2, 0.25) is 0 Å². The van der Waals surface area contributed by atoms with Gasteiger partial charge in [0, 0.05) is 42.1 Å². The third kappa shape index (κ3) is 5.07. The van der Waals surface area contributed by atoms with Gasteiger partial charge < -0.3 is 19.8 Å². The van der Waals surface area contributed by atoms with Crippen LogP contribution >= 0.6 is 0 Å². The van der Waals surface area contributed by atoms with E-state index in [0.29, 0.717) is 6.54 Å². The highest BCUT2D eigenvalue weighted by Gasteiger charge is 2.17. The van der Waals surface area contributed by atoms with Crippen LogP contribution in [0.1, 0.15) is 30.5 Å². The van der Waals surface area contributed by atoms with Gasteiger partial charge in [-0.05, 0) is 56.0 Å². The van der Waals surface area contributed by atoms with Crippen LogP contribution in [0.5, 0.6) is 0 Å². The van der Waals surface area contributed by atoms with E-state index in [2.05, 4.69) is 61.7 Å². The molecule has 1 aromatic carbocycles. The number of nitrogens with two attached hydrogens (primary N) is 1. The highest BCUT2D eigenvalue weighted by molar-refractivity contribution is 5.96. The maximum Gasteiger partial charge on any atom is 0.137 e. The summed E-state index contributed by atoms with van der Waals surface area (Å²) in [5.41, 5.74) is 12.4. The number of ether oxygens (including phenoxy) is 1. The van der Waals surface area contributed by atoms with Gasteiger partial charge in [0.1, 0.15) is 11.3 Å². The van der Waals surface area contributed by atoms with Crippen molar-refractivity contribution in [3.8, 4) is 11.3 Å². The Balaban J connectivity index is 0.000000372. The van der Waals surface area contributed by atoms with E-state index in [-0.39, 0.29) is 0 Å². The van der Waals surface area contributed by atoms with Crippen LogP contribution < -0.4 is 10.6 Å². The fraction of sp³-hybridized carbons (Fsp3) is 0.407. The number of nitrogens with zero attached hydrogens (tertiary/aromatic N) is 7. The second kappa shape index (κ2) is 10.3. The molecule has 1 aliphatic carbocycles. The lowest BCUT2D eigenvalue weighted by Crippen LogP contribution is -2.36. The van der Waals surface area contributed by atoms with Gasteiger partial charge in [0.15, 0.2) is 0 Å². The highest BCUT2D eigenvalue weighted by atomic mass is 16.5. The minimum atomic E-state index is 0.561. The molecule has 2 aliphatic rings. The van der Waals surface area contributed by atoms with Gasteiger partial charge in [-0.3, -0.25) is 5.10 Å². The van der Waals surface area contributed by atoms with E-state index in [1.165, 1.54) is 24.8 Å². The van der Waals surface area contributed by atoms with Crippen LogP contribution in [0.25, 0.3) is 27.8 Å². The Morgan fingerprint density at radius 1 is 1.11 bits per heavy atom. The average Bonchev–Trinajstić information content (AvgIpc) is 3.63. The first-order valence-corrected chi connectivity index (χ1v) is 13.0. The summed E-state index contributed by atoms with van der Waals surface area (Å²) in [7, 11) is 0. The number of nitrogens with one attached hydrogen (secondary N) is 1. The molecule has 192 valence electrons. The second-order valence-electron chi connectivity index (χ2n) is 9.96. The van der Waals surface area contributed by atoms with Crippen molar-refractivity contribution in [3.63, 3.8) is 0 Å². The first-order valence-electron chi connectivity index (χ1n) is 13.0. The SMILES string of the molecule is Cc1ccc2nc(Cn3cc(-c4cc(N5CCOCC5)cc5[nH]ncc45)nn3)cn2c1.NCC1CCC1. The Kier molecular flexibility index (Phi) is 6.58. The Morgan fingerprint density at radius 3 is 2.73 bits per heavy atom. The molecule has 0 atom stereocenters. The molecule has 0 spiro atoms. The van der Waals surface area contributed by atoms with E-state index in [0.717, 1.165) is 78.0 Å². The molecule has 37 heavy (non-hydrogen) atoms. The van der Waals surface area contributed by atoms with Gasteiger partial charge >= 0.3 is 0 Å². The Labute approximate surface area is 215 Å². The van der Waals surface area contributed by atoms with Gasteiger partial charge in [-0.2, -0.15) is 5.10 Å². The van der Waals surface area contributed by atoms with Crippen molar-refractivity contribution in [2.45, 2.75) is 32.7 Å². The van der Waals surface area contributed by atoms with E-state index < -0.39 is 0 Å². The fourth-order valence-electron chi connectivity index (χ4n) is 4.88. The lowest BCUT2D eigenvalue weighted by atomic mass is 9.86. The van der Waals surface area contributed by atoms with Crippen molar-refractivity contribution in [2.75, 3.05) is 37.7 Å². The molecule has 1 saturated carbocycles. The second-order valence-corrected chi connectivity index (χ2v) is 9.96. The third-order valence-electron chi connectivity index (χ3n) is 7.27. The zero-order valence-corrected chi connectivity index (χ0v) is 21.2. The summed E-state index contributed by atoms with van der Waals surface area (Å²) < 4.78 is 9.38. The fourth-order valence-corrected chi connectivity index (χ4v) is 4.88. The number of aromatic amines is 1. The molecule has 0 amide bonds. The molecule has 7 rings (SSSR count). The van der Waals surface area contributed by atoms with Gasteiger partial charge in [-0.15, -0.1) is 5.10 Å². The van der Waals surface area contributed by atoms with Crippen LogP contribution in [0, 0.1) is 12.8 Å². The van der Waals surface area contributed by atoms with E-state index in [1.54, 1.807) is 0 Å². The molecule has 4 aromatic heterocycles. The maximum atomic E-state index is 5.50. The molecule has 2 fully saturated rings. The molecule has 3 N–H and O–H groups in total. The van der Waals surface area contributed by atoms with Crippen LogP contribution in [-0.2, 0) is 11.3 Å². The number of pyridine rings is 1. The number of imidazole rings is 1. The van der Waals surface area contributed by atoms with Gasteiger partial charge in [0.25, 0.3) is 0 Å². The number of hydrogen-bond donors (Lipinski definition) is 2. The topological polar surface area (TPSA) is 115 Å². The van der Waals surface area contributed by atoms with Gasteiger partial charge in [0.05, 0.1) is 43.4 Å². The van der Waals surface area contributed by atoms with Crippen LogP contribution in [0.3, 0.4) is 0 Å². The molecular weight excluding hydrogens is 466 g/mol. The van der Waals surface area contributed by atoms with Crippen LogP contribution in [0.4, 0.5) is 5.69 Å². The molecule has 5 heterocycles. The van der Waals surface area contributed by atoms with Crippen molar-refractivity contribution in [3.05, 3.63) is 60.3 Å². The molecule has 10 nitrogen and oxygen atoms in total. The smallest absolute Gasteiger partial charge is 0.137 e. The predicted molar refractivity (Wildman–Crippen MR) is 144 cm³/mol. The van der Waals surface area contributed by atoms with Crippen LogP contribution in [0.15, 0.2) is 49.1 Å². The zero-order valence-electron chi connectivity index (χ0n) is 21.2. The predicted octanol–water partition coefficient (Wildman–Crippen LogP) is 3.41. The molecule has 1 aliphatic heterocycles. The zero-order chi connectivity index (χ0) is 25.2. The Hall–Kier alpha value is -3.76. The summed E-state index contributed by atoms with van der Waals surface area (Å²) in [6, 6.07) is 8.40. The van der Waals surface area contributed by atoms with Gasteiger partial charge in [-0.1, -0.05) is 17.7 Å². The van der Waals surface area contributed by atoms with Crippen molar-refractivity contribution in [1.82, 2.24) is 34.6 Å². The van der Waals surface area contributed by atoms with E-state index in [1.807, 2.05) is 33.7 Å². The van der Waals surface area contributed by atoms with Crippen molar-refractivity contribution in [2.24, 2.45) is 11.7 Å². The summed E-state index contributed by atoms with van der Waals surface area (Å²) in [5, 5.41) is 17.2. The lowest BCUT2D eigenvalue weighted by Gasteiger charge is -2.29. The number of benzene rings is 1. The molecule has 10 heteroatoms. The van der Waals surface area contributed by atoms with Crippen LogP contribution in [0.2, 0.25) is 0 Å². The number of fused-ring (bicyclic) bond motifs is 2. The normalized spacial score (nSPS) is 16.1. The average molecular weight is 500 g/mol. The third-order valence-corrected chi connectivity index (χ3v) is 7.27. The monoisotopic (exact) mass is 499 g/mol. The minimum Gasteiger partial charge on any atom is -0.378 e. The molecule has 0 radical (unpaired) electrons. The van der Waals surface area contributed by atoms with Crippen molar-refractivity contribution < 1.29 is 4.74 Å². The molecule has 0 unspecified atom stereocenters. The molecular formula is C27H33N9O. The molecule has 5 aromatic rings. The summed E-state index contributed by atoms with van der Waals surface area (Å²) in [5.74, 6) is 0.894. The molecule has 0 bridgehead atoms. The quantitative estimate of drug-likeness (QED) is 0.381. The number of aromatic nitrogens is 7. The Morgan fingerprint density at radius 2 is 1.97 bits per heavy atom. The Bertz CT molecular complexity index is 1490. The van der Waals surface area contributed by atoms with Crippen molar-refractivity contribution >= 4 is 22.2 Å². The summed E-state index contributed by atoms with van der Waals surface area (Å²) in [6.45, 7) is 6.78. The number of anilines is 1. The van der Waals surface area contributed by atoms with Crippen molar-refractivity contribution in [1.29, 1.82) is 0 Å². The van der Waals surface area contributed by atoms with E-state index in [9.17, 15) is 0 Å².